The van der Waals surface area contributed by atoms with Crippen molar-refractivity contribution in [3.8, 4) is 0 Å². The molecule has 0 saturated carbocycles. The lowest BCUT2D eigenvalue weighted by atomic mass is 9.92. The van der Waals surface area contributed by atoms with Crippen LogP contribution in [0.5, 0.6) is 0 Å². The Labute approximate surface area is 278 Å². The standard InChI is InChI=1S/C33H41ClN6O7/c1-21-17-24(9-10-25(21)34)37-31(44)26(13-14-35-28(41)19-36-33(46)47)38-32(45)27-18-22-7-3-4-8-23(22)20-40(27)30(43)12-11-29(42)39-15-5-2-6-16-39/h3-4,7-10,17,26-27,36H,2,5-6,11-16,18-20H2,1H3,(H,35,41)(H,37,44)(H,38,45)(H,46,47). The van der Waals surface area contributed by atoms with Crippen molar-refractivity contribution >= 4 is 52.9 Å². The third kappa shape index (κ3) is 10.2. The number of likely N-dealkylation sites (tertiary alicyclic amines) is 1. The molecule has 2 aliphatic heterocycles. The van der Waals surface area contributed by atoms with Gasteiger partial charge in [-0.1, -0.05) is 35.9 Å². The zero-order chi connectivity index (χ0) is 33.9. The van der Waals surface area contributed by atoms with Gasteiger partial charge in [-0.05, 0) is 67.5 Å². The lowest BCUT2D eigenvalue weighted by molar-refractivity contribution is -0.144. The van der Waals surface area contributed by atoms with Crippen molar-refractivity contribution in [3.63, 3.8) is 0 Å². The molecule has 0 radical (unpaired) electrons. The Kier molecular flexibility index (Phi) is 12.6. The van der Waals surface area contributed by atoms with Crippen LogP contribution in [0.3, 0.4) is 0 Å². The molecule has 2 aromatic carbocycles. The second-order valence-corrected chi connectivity index (χ2v) is 12.2. The fraction of sp³-hybridized carbons (Fsp3) is 0.455. The monoisotopic (exact) mass is 668 g/mol. The number of aryl methyl sites for hydroxylation is 1. The van der Waals surface area contributed by atoms with E-state index in [2.05, 4.69) is 16.0 Å². The molecule has 0 aromatic heterocycles. The van der Waals surface area contributed by atoms with Crippen molar-refractivity contribution in [2.75, 3.05) is 31.5 Å². The maximum absolute atomic E-state index is 13.9. The van der Waals surface area contributed by atoms with Crippen molar-refractivity contribution in [2.45, 2.75) is 70.5 Å². The minimum Gasteiger partial charge on any atom is -0.465 e. The molecule has 0 bridgehead atoms. The first-order valence-corrected chi connectivity index (χ1v) is 16.1. The molecule has 0 aliphatic carbocycles. The fourth-order valence-corrected chi connectivity index (χ4v) is 5.86. The topological polar surface area (TPSA) is 177 Å². The number of carbonyl (C=O) groups excluding carboxylic acids is 5. The van der Waals surface area contributed by atoms with E-state index in [1.165, 1.54) is 4.90 Å². The average molecular weight is 669 g/mol. The number of fused-ring (bicyclic) bond motifs is 1. The highest BCUT2D eigenvalue weighted by atomic mass is 35.5. The fourth-order valence-electron chi connectivity index (χ4n) is 5.74. The van der Waals surface area contributed by atoms with E-state index in [1.807, 2.05) is 29.6 Å². The SMILES string of the molecule is Cc1cc(NC(=O)C(CCNC(=O)CNC(=O)O)NC(=O)C2Cc3ccccc3CN2C(=O)CCC(=O)N2CCCCC2)ccc1Cl. The summed E-state index contributed by atoms with van der Waals surface area (Å²) in [6.07, 6.45) is 1.82. The number of nitrogens with one attached hydrogen (secondary N) is 4. The summed E-state index contributed by atoms with van der Waals surface area (Å²) in [6, 6.07) is 10.4. The van der Waals surface area contributed by atoms with Gasteiger partial charge in [-0.2, -0.15) is 0 Å². The molecule has 1 saturated heterocycles. The van der Waals surface area contributed by atoms with E-state index in [-0.39, 0.29) is 50.6 Å². The summed E-state index contributed by atoms with van der Waals surface area (Å²) in [7, 11) is 0. The summed E-state index contributed by atoms with van der Waals surface area (Å²) >= 11 is 6.13. The smallest absolute Gasteiger partial charge is 0.405 e. The molecular weight excluding hydrogens is 628 g/mol. The van der Waals surface area contributed by atoms with Gasteiger partial charge in [0.2, 0.25) is 29.5 Å². The van der Waals surface area contributed by atoms with Gasteiger partial charge >= 0.3 is 6.09 Å². The molecule has 2 atom stereocenters. The number of amides is 6. The predicted octanol–water partition coefficient (Wildman–Crippen LogP) is 2.59. The Morgan fingerprint density at radius 2 is 1.64 bits per heavy atom. The molecule has 6 amide bonds. The number of benzene rings is 2. The van der Waals surface area contributed by atoms with Gasteiger partial charge in [0.1, 0.15) is 12.1 Å². The van der Waals surface area contributed by atoms with Crippen LogP contribution in [0, 0.1) is 6.92 Å². The number of halogens is 1. The van der Waals surface area contributed by atoms with Gasteiger partial charge < -0.3 is 36.2 Å². The molecule has 47 heavy (non-hydrogen) atoms. The number of carbonyl (C=O) groups is 6. The molecule has 252 valence electrons. The first kappa shape index (κ1) is 35.2. The molecule has 14 heteroatoms. The first-order chi connectivity index (χ1) is 22.5. The maximum atomic E-state index is 13.9. The van der Waals surface area contributed by atoms with E-state index in [9.17, 15) is 28.8 Å². The Morgan fingerprint density at radius 1 is 0.936 bits per heavy atom. The van der Waals surface area contributed by atoms with E-state index in [0.29, 0.717) is 23.8 Å². The Morgan fingerprint density at radius 3 is 2.34 bits per heavy atom. The Balaban J connectivity index is 1.48. The molecule has 2 aromatic rings. The number of rotatable bonds is 12. The van der Waals surface area contributed by atoms with Gasteiger partial charge in [-0.15, -0.1) is 0 Å². The minimum absolute atomic E-state index is 0.0233. The summed E-state index contributed by atoms with van der Waals surface area (Å²) in [5, 5.41) is 19.3. The van der Waals surface area contributed by atoms with Gasteiger partial charge in [-0.25, -0.2) is 4.79 Å². The van der Waals surface area contributed by atoms with Crippen LogP contribution in [0.25, 0.3) is 0 Å². The molecule has 5 N–H and O–H groups in total. The van der Waals surface area contributed by atoms with Crippen LogP contribution < -0.4 is 21.3 Å². The van der Waals surface area contributed by atoms with Gasteiger partial charge in [0, 0.05) is 56.2 Å². The van der Waals surface area contributed by atoms with E-state index in [4.69, 9.17) is 16.7 Å². The normalized spacial score (nSPS) is 16.3. The van der Waals surface area contributed by atoms with Crippen molar-refractivity contribution in [1.29, 1.82) is 0 Å². The van der Waals surface area contributed by atoms with Crippen LogP contribution in [-0.4, -0.2) is 88.8 Å². The molecule has 4 rings (SSSR count). The number of nitrogens with zero attached hydrogens (tertiary/aromatic N) is 2. The van der Waals surface area contributed by atoms with Crippen LogP contribution in [0.2, 0.25) is 5.02 Å². The van der Waals surface area contributed by atoms with Gasteiger partial charge in [-0.3, -0.25) is 24.0 Å². The van der Waals surface area contributed by atoms with Crippen molar-refractivity contribution < 1.29 is 33.9 Å². The number of hydrogen-bond acceptors (Lipinski definition) is 6. The molecular formula is C33H41ClN6O7. The van der Waals surface area contributed by atoms with E-state index >= 15 is 0 Å². The highest BCUT2D eigenvalue weighted by molar-refractivity contribution is 6.31. The van der Waals surface area contributed by atoms with Gasteiger partial charge in [0.05, 0.1) is 6.54 Å². The van der Waals surface area contributed by atoms with Crippen molar-refractivity contribution in [3.05, 3.63) is 64.2 Å². The lowest BCUT2D eigenvalue weighted by Gasteiger charge is -2.37. The van der Waals surface area contributed by atoms with Crippen LogP contribution in [-0.2, 0) is 36.9 Å². The lowest BCUT2D eigenvalue weighted by Crippen LogP contribution is -2.56. The molecule has 13 nitrogen and oxygen atoms in total. The number of anilines is 1. The zero-order valence-corrected chi connectivity index (χ0v) is 27.1. The van der Waals surface area contributed by atoms with Crippen LogP contribution in [0.15, 0.2) is 42.5 Å². The minimum atomic E-state index is -1.35. The molecule has 1 fully saturated rings. The molecule has 2 unspecified atom stereocenters. The Bertz CT molecular complexity index is 1500. The summed E-state index contributed by atoms with van der Waals surface area (Å²) in [5.41, 5.74) is 2.99. The largest absolute Gasteiger partial charge is 0.465 e. The third-order valence-corrected chi connectivity index (χ3v) is 8.77. The third-order valence-electron chi connectivity index (χ3n) is 8.35. The van der Waals surface area contributed by atoms with Gasteiger partial charge in [0.15, 0.2) is 0 Å². The summed E-state index contributed by atoms with van der Waals surface area (Å²) in [6.45, 7) is 2.81. The number of hydrogen-bond donors (Lipinski definition) is 5. The number of carboxylic acid groups (broad SMARTS) is 1. The number of piperidine rings is 1. The van der Waals surface area contributed by atoms with Crippen LogP contribution in [0.1, 0.15) is 55.2 Å². The van der Waals surface area contributed by atoms with E-state index in [0.717, 1.165) is 36.0 Å². The summed E-state index contributed by atoms with van der Waals surface area (Å²) in [5.74, 6) is -2.13. The Hall–Kier alpha value is -4.65. The predicted molar refractivity (Wildman–Crippen MR) is 175 cm³/mol. The highest BCUT2D eigenvalue weighted by Gasteiger charge is 2.36. The highest BCUT2D eigenvalue weighted by Crippen LogP contribution is 2.25. The van der Waals surface area contributed by atoms with Gasteiger partial charge in [0.25, 0.3) is 0 Å². The van der Waals surface area contributed by atoms with E-state index in [1.54, 1.807) is 30.0 Å². The van der Waals surface area contributed by atoms with Crippen LogP contribution in [0.4, 0.5) is 10.5 Å². The first-order valence-electron chi connectivity index (χ1n) is 15.8. The second-order valence-electron chi connectivity index (χ2n) is 11.8. The quantitative estimate of drug-likeness (QED) is 0.231. The zero-order valence-electron chi connectivity index (χ0n) is 26.4. The second kappa shape index (κ2) is 16.8. The molecule has 0 spiro atoms. The summed E-state index contributed by atoms with van der Waals surface area (Å²) in [4.78, 5) is 79.8. The van der Waals surface area contributed by atoms with Crippen molar-refractivity contribution in [2.24, 2.45) is 0 Å². The van der Waals surface area contributed by atoms with Crippen LogP contribution >= 0.6 is 11.6 Å². The van der Waals surface area contributed by atoms with E-state index < -0.39 is 42.4 Å². The maximum Gasteiger partial charge on any atom is 0.405 e. The summed E-state index contributed by atoms with van der Waals surface area (Å²) < 4.78 is 0. The molecule has 2 heterocycles. The average Bonchev–Trinajstić information content (AvgIpc) is 3.06. The molecule has 2 aliphatic rings. The van der Waals surface area contributed by atoms with Crippen molar-refractivity contribution in [1.82, 2.24) is 25.8 Å².